The van der Waals surface area contributed by atoms with Crippen LogP contribution in [0.3, 0.4) is 0 Å². The number of aromatic nitrogens is 1. The molecule has 0 saturated heterocycles. The number of pyridine rings is 1. The lowest BCUT2D eigenvalue weighted by Crippen LogP contribution is -2.24. The summed E-state index contributed by atoms with van der Waals surface area (Å²) in [5, 5.41) is 2.57. The first-order valence-electron chi connectivity index (χ1n) is 6.80. The van der Waals surface area contributed by atoms with Crippen LogP contribution in [0.2, 0.25) is 0 Å². The van der Waals surface area contributed by atoms with Gasteiger partial charge in [0.1, 0.15) is 12.4 Å². The van der Waals surface area contributed by atoms with Crippen LogP contribution >= 0.6 is 0 Å². The van der Waals surface area contributed by atoms with Crippen molar-refractivity contribution in [1.82, 2.24) is 10.3 Å². The smallest absolute Gasteiger partial charge is 0.408 e. The molecule has 0 aliphatic carbocycles. The second-order valence-electron chi connectivity index (χ2n) is 4.64. The number of nitrogens with two attached hydrogens (primary N) is 1. The molecule has 2 aromatic rings. The molecule has 0 aliphatic heterocycles. The van der Waals surface area contributed by atoms with E-state index in [1.807, 2.05) is 43.3 Å². The van der Waals surface area contributed by atoms with Crippen molar-refractivity contribution in [2.75, 3.05) is 12.3 Å². The Balaban J connectivity index is 1.75. The van der Waals surface area contributed by atoms with Gasteiger partial charge in [-0.1, -0.05) is 42.2 Å². The molecule has 0 saturated carbocycles. The number of nitrogens with one attached hydrogen (secondary N) is 1. The molecule has 1 aromatic carbocycles. The van der Waals surface area contributed by atoms with Crippen molar-refractivity contribution in [2.45, 2.75) is 13.5 Å². The van der Waals surface area contributed by atoms with Crippen molar-refractivity contribution in [3.8, 4) is 11.8 Å². The van der Waals surface area contributed by atoms with Gasteiger partial charge in [-0.25, -0.2) is 9.78 Å². The first kappa shape index (κ1) is 15.4. The average Bonchev–Trinajstić information content (AvgIpc) is 2.54. The van der Waals surface area contributed by atoms with Crippen LogP contribution in [0.5, 0.6) is 0 Å². The third kappa shape index (κ3) is 4.84. The summed E-state index contributed by atoms with van der Waals surface area (Å²) in [6.07, 6.45) is 1.10. The third-order valence-electron chi connectivity index (χ3n) is 2.89. The SMILES string of the molecule is Cc1cc(C#CCNC(=O)OCc2ccccc2)cnc1N. The Labute approximate surface area is 129 Å². The van der Waals surface area contributed by atoms with Gasteiger partial charge in [-0.15, -0.1) is 0 Å². The van der Waals surface area contributed by atoms with Gasteiger partial charge in [-0.2, -0.15) is 0 Å². The molecular weight excluding hydrogens is 278 g/mol. The summed E-state index contributed by atoms with van der Waals surface area (Å²) in [6, 6.07) is 11.3. The molecule has 1 heterocycles. The lowest BCUT2D eigenvalue weighted by Gasteiger charge is -2.04. The lowest BCUT2D eigenvalue weighted by atomic mass is 10.2. The predicted molar refractivity (Wildman–Crippen MR) is 84.9 cm³/mol. The number of carbonyl (C=O) groups excluding carboxylic acids is 1. The number of benzene rings is 1. The van der Waals surface area contributed by atoms with E-state index in [0.717, 1.165) is 16.7 Å². The Morgan fingerprint density at radius 3 is 2.86 bits per heavy atom. The Kier molecular flexibility index (Phi) is 5.38. The number of ether oxygens (including phenoxy) is 1. The van der Waals surface area contributed by atoms with Crippen molar-refractivity contribution in [3.63, 3.8) is 0 Å². The molecule has 0 aliphatic rings. The van der Waals surface area contributed by atoms with E-state index in [1.54, 1.807) is 6.20 Å². The van der Waals surface area contributed by atoms with Gasteiger partial charge in [0.15, 0.2) is 0 Å². The molecule has 0 atom stereocenters. The number of hydrogen-bond acceptors (Lipinski definition) is 4. The number of aryl methyl sites for hydroxylation is 1. The van der Waals surface area contributed by atoms with Crippen molar-refractivity contribution in [1.29, 1.82) is 0 Å². The van der Waals surface area contributed by atoms with E-state index in [2.05, 4.69) is 22.1 Å². The van der Waals surface area contributed by atoms with Gasteiger partial charge >= 0.3 is 6.09 Å². The summed E-state index contributed by atoms with van der Waals surface area (Å²) >= 11 is 0. The Hall–Kier alpha value is -3.00. The van der Waals surface area contributed by atoms with Crippen molar-refractivity contribution >= 4 is 11.9 Å². The maximum atomic E-state index is 11.5. The number of nitrogen functional groups attached to an aromatic ring is 1. The highest BCUT2D eigenvalue weighted by Crippen LogP contribution is 2.07. The van der Waals surface area contributed by atoms with Crippen LogP contribution in [0.15, 0.2) is 42.6 Å². The van der Waals surface area contributed by atoms with E-state index >= 15 is 0 Å². The van der Waals surface area contributed by atoms with Crippen LogP contribution < -0.4 is 11.1 Å². The van der Waals surface area contributed by atoms with Crippen LogP contribution in [-0.2, 0) is 11.3 Å². The molecule has 22 heavy (non-hydrogen) atoms. The predicted octanol–water partition coefficient (Wildman–Crippen LogP) is 2.25. The quantitative estimate of drug-likeness (QED) is 0.851. The fraction of sp³-hybridized carbons (Fsp3) is 0.176. The molecule has 112 valence electrons. The largest absolute Gasteiger partial charge is 0.445 e. The minimum absolute atomic E-state index is 0.205. The first-order valence-corrected chi connectivity index (χ1v) is 6.80. The Bertz CT molecular complexity index is 703. The number of amides is 1. The van der Waals surface area contributed by atoms with Gasteiger partial charge in [-0.05, 0) is 24.1 Å². The molecule has 0 bridgehead atoms. The van der Waals surface area contributed by atoms with E-state index in [4.69, 9.17) is 10.5 Å². The Morgan fingerprint density at radius 1 is 1.36 bits per heavy atom. The summed E-state index contributed by atoms with van der Waals surface area (Å²) in [4.78, 5) is 15.5. The van der Waals surface area contributed by atoms with Gasteiger partial charge in [0.2, 0.25) is 0 Å². The Morgan fingerprint density at radius 2 is 2.14 bits per heavy atom. The number of hydrogen-bond donors (Lipinski definition) is 2. The van der Waals surface area contributed by atoms with Gasteiger partial charge in [0.05, 0.1) is 6.54 Å². The normalized spacial score (nSPS) is 9.50. The second-order valence-corrected chi connectivity index (χ2v) is 4.64. The van der Waals surface area contributed by atoms with Crippen LogP contribution in [0.1, 0.15) is 16.7 Å². The maximum Gasteiger partial charge on any atom is 0.408 e. The molecule has 5 heteroatoms. The first-order chi connectivity index (χ1) is 10.6. The number of carbonyl (C=O) groups is 1. The molecule has 5 nitrogen and oxygen atoms in total. The molecule has 0 fully saturated rings. The number of anilines is 1. The van der Waals surface area contributed by atoms with Gasteiger partial charge in [0, 0.05) is 11.8 Å². The topological polar surface area (TPSA) is 77.2 Å². The fourth-order valence-electron chi connectivity index (χ4n) is 1.69. The zero-order valence-corrected chi connectivity index (χ0v) is 12.3. The summed E-state index contributed by atoms with van der Waals surface area (Å²) in [7, 11) is 0. The van der Waals surface area contributed by atoms with Crippen LogP contribution in [0.4, 0.5) is 10.6 Å². The second kappa shape index (κ2) is 7.70. The molecule has 1 amide bonds. The zero-order chi connectivity index (χ0) is 15.8. The number of rotatable bonds is 3. The van der Waals surface area contributed by atoms with E-state index in [9.17, 15) is 4.79 Å². The highest BCUT2D eigenvalue weighted by atomic mass is 16.5. The molecule has 2 rings (SSSR count). The minimum Gasteiger partial charge on any atom is -0.445 e. The van der Waals surface area contributed by atoms with Crippen LogP contribution in [0, 0.1) is 18.8 Å². The highest BCUT2D eigenvalue weighted by molar-refractivity contribution is 5.67. The molecule has 0 spiro atoms. The number of nitrogens with zero attached hydrogens (tertiary/aromatic N) is 1. The summed E-state index contributed by atoms with van der Waals surface area (Å²) in [6.45, 7) is 2.31. The maximum absolute atomic E-state index is 11.5. The number of alkyl carbamates (subject to hydrolysis) is 1. The van der Waals surface area contributed by atoms with E-state index in [-0.39, 0.29) is 13.2 Å². The molecule has 0 unspecified atom stereocenters. The van der Waals surface area contributed by atoms with E-state index in [0.29, 0.717) is 5.82 Å². The molecule has 1 aromatic heterocycles. The fourth-order valence-corrected chi connectivity index (χ4v) is 1.69. The summed E-state index contributed by atoms with van der Waals surface area (Å²) in [5.74, 6) is 6.23. The lowest BCUT2D eigenvalue weighted by molar-refractivity contribution is 0.141. The zero-order valence-electron chi connectivity index (χ0n) is 12.3. The van der Waals surface area contributed by atoms with Gasteiger partial charge in [-0.3, -0.25) is 0 Å². The van der Waals surface area contributed by atoms with Gasteiger partial charge < -0.3 is 15.8 Å². The molecular formula is C17H17N3O2. The van der Waals surface area contributed by atoms with E-state index < -0.39 is 6.09 Å². The minimum atomic E-state index is -0.496. The van der Waals surface area contributed by atoms with Crippen molar-refractivity contribution < 1.29 is 9.53 Å². The summed E-state index contributed by atoms with van der Waals surface area (Å²) in [5.41, 5.74) is 8.20. The van der Waals surface area contributed by atoms with Gasteiger partial charge in [0.25, 0.3) is 0 Å². The summed E-state index contributed by atoms with van der Waals surface area (Å²) < 4.78 is 5.07. The van der Waals surface area contributed by atoms with E-state index in [1.165, 1.54) is 0 Å². The highest BCUT2D eigenvalue weighted by Gasteiger charge is 2.00. The van der Waals surface area contributed by atoms with Crippen LogP contribution in [0.25, 0.3) is 0 Å². The standard InChI is InChI=1S/C17H17N3O2/c1-13-10-15(11-20-16(13)18)8-5-9-19-17(21)22-12-14-6-3-2-4-7-14/h2-4,6-7,10-11H,9,12H2,1H3,(H2,18,20)(H,19,21). The van der Waals surface area contributed by atoms with Crippen molar-refractivity contribution in [2.24, 2.45) is 0 Å². The third-order valence-corrected chi connectivity index (χ3v) is 2.89. The van der Waals surface area contributed by atoms with Crippen LogP contribution in [-0.4, -0.2) is 17.6 Å². The molecule has 0 radical (unpaired) electrons. The molecule has 3 N–H and O–H groups in total. The monoisotopic (exact) mass is 295 g/mol. The average molecular weight is 295 g/mol. The van der Waals surface area contributed by atoms with Crippen molar-refractivity contribution in [3.05, 3.63) is 59.3 Å².